The van der Waals surface area contributed by atoms with Gasteiger partial charge in [0.15, 0.2) is 0 Å². The summed E-state index contributed by atoms with van der Waals surface area (Å²) >= 11 is 0. The number of fused-ring (bicyclic) bond motifs is 1. The molecule has 2 atom stereocenters. The van der Waals surface area contributed by atoms with E-state index >= 15 is 0 Å². The SMILES string of the molecule is Cc1ccc(F)cc1S(=O)(=O)N[C@@H]1c2cc(C(=O)NCCc3ccccc3)ccc2OC(C)(C)[C@H]1O. The summed E-state index contributed by atoms with van der Waals surface area (Å²) in [5.74, 6) is -0.686. The Labute approximate surface area is 210 Å². The molecule has 0 spiro atoms. The van der Waals surface area contributed by atoms with E-state index in [1.54, 1.807) is 32.9 Å². The van der Waals surface area contributed by atoms with Gasteiger partial charge in [-0.05, 0) is 68.7 Å². The van der Waals surface area contributed by atoms with Crippen molar-refractivity contribution < 1.29 is 27.4 Å². The van der Waals surface area contributed by atoms with Gasteiger partial charge >= 0.3 is 0 Å². The second kappa shape index (κ2) is 10.0. The van der Waals surface area contributed by atoms with Crippen LogP contribution in [0.15, 0.2) is 71.6 Å². The molecule has 1 amide bonds. The van der Waals surface area contributed by atoms with Gasteiger partial charge in [0.1, 0.15) is 23.3 Å². The van der Waals surface area contributed by atoms with E-state index in [1.807, 2.05) is 30.3 Å². The number of amides is 1. The molecular weight excluding hydrogens is 483 g/mol. The van der Waals surface area contributed by atoms with Crippen LogP contribution >= 0.6 is 0 Å². The van der Waals surface area contributed by atoms with E-state index in [-0.39, 0.29) is 10.8 Å². The maximum atomic E-state index is 13.8. The molecule has 3 N–H and O–H groups in total. The topological polar surface area (TPSA) is 105 Å². The van der Waals surface area contributed by atoms with E-state index in [4.69, 9.17) is 4.74 Å². The first-order chi connectivity index (χ1) is 17.0. The quantitative estimate of drug-likeness (QED) is 0.448. The number of hydrogen-bond acceptors (Lipinski definition) is 5. The molecule has 1 heterocycles. The Morgan fingerprint density at radius 2 is 1.81 bits per heavy atom. The summed E-state index contributed by atoms with van der Waals surface area (Å²) in [6.07, 6.45) is -0.631. The van der Waals surface area contributed by atoms with Crippen LogP contribution in [0.2, 0.25) is 0 Å². The number of hydrogen-bond donors (Lipinski definition) is 3. The summed E-state index contributed by atoms with van der Waals surface area (Å²) in [5.41, 5.74) is 0.926. The lowest BCUT2D eigenvalue weighted by Gasteiger charge is -2.42. The van der Waals surface area contributed by atoms with Gasteiger partial charge in [-0.2, -0.15) is 0 Å². The number of sulfonamides is 1. The van der Waals surface area contributed by atoms with Gasteiger partial charge in [0, 0.05) is 17.7 Å². The maximum absolute atomic E-state index is 13.8. The summed E-state index contributed by atoms with van der Waals surface area (Å²) in [6, 6.07) is 16.8. The number of aliphatic hydroxyl groups is 1. The minimum Gasteiger partial charge on any atom is -0.485 e. The molecule has 3 aromatic carbocycles. The van der Waals surface area contributed by atoms with E-state index in [9.17, 15) is 22.7 Å². The molecule has 36 heavy (non-hydrogen) atoms. The number of rotatable bonds is 7. The van der Waals surface area contributed by atoms with Crippen molar-refractivity contribution in [3.63, 3.8) is 0 Å². The Hall–Kier alpha value is -3.27. The van der Waals surface area contributed by atoms with Crippen LogP contribution in [0.3, 0.4) is 0 Å². The Morgan fingerprint density at radius 3 is 2.53 bits per heavy atom. The maximum Gasteiger partial charge on any atom is 0.251 e. The lowest BCUT2D eigenvalue weighted by atomic mass is 9.86. The second-order valence-corrected chi connectivity index (χ2v) is 11.1. The molecule has 190 valence electrons. The van der Waals surface area contributed by atoms with Crippen molar-refractivity contribution in [1.29, 1.82) is 0 Å². The summed E-state index contributed by atoms with van der Waals surface area (Å²) in [6.45, 7) is 5.25. The first-order valence-corrected chi connectivity index (χ1v) is 13.1. The number of aliphatic hydroxyl groups excluding tert-OH is 1. The molecule has 0 aromatic heterocycles. The molecule has 0 unspecified atom stereocenters. The Bertz CT molecular complexity index is 1380. The number of ether oxygens (including phenoxy) is 1. The van der Waals surface area contributed by atoms with Crippen LogP contribution in [0.4, 0.5) is 4.39 Å². The summed E-state index contributed by atoms with van der Waals surface area (Å²) < 4.78 is 48.7. The van der Waals surface area contributed by atoms with Crippen molar-refractivity contribution in [3.8, 4) is 5.75 Å². The fourth-order valence-electron chi connectivity index (χ4n) is 4.23. The molecule has 0 saturated carbocycles. The smallest absolute Gasteiger partial charge is 0.251 e. The molecule has 0 bridgehead atoms. The molecular formula is C27H29FN2O5S. The predicted molar refractivity (Wildman–Crippen MR) is 134 cm³/mol. The number of nitrogens with one attached hydrogen (secondary N) is 2. The van der Waals surface area contributed by atoms with Gasteiger partial charge in [-0.15, -0.1) is 0 Å². The zero-order valence-electron chi connectivity index (χ0n) is 20.3. The lowest BCUT2D eigenvalue weighted by Crippen LogP contribution is -2.53. The zero-order valence-corrected chi connectivity index (χ0v) is 21.1. The highest BCUT2D eigenvalue weighted by Gasteiger charge is 2.45. The summed E-state index contributed by atoms with van der Waals surface area (Å²) in [7, 11) is -4.22. The van der Waals surface area contributed by atoms with Crippen LogP contribution < -0.4 is 14.8 Å². The van der Waals surface area contributed by atoms with Gasteiger partial charge in [0.05, 0.1) is 10.9 Å². The molecule has 7 nitrogen and oxygen atoms in total. The third kappa shape index (κ3) is 5.43. The van der Waals surface area contributed by atoms with E-state index in [0.29, 0.717) is 35.4 Å². The van der Waals surface area contributed by atoms with Crippen molar-refractivity contribution in [2.75, 3.05) is 6.54 Å². The van der Waals surface area contributed by atoms with Crippen LogP contribution in [-0.4, -0.2) is 37.7 Å². The molecule has 4 rings (SSSR count). The van der Waals surface area contributed by atoms with Gasteiger partial charge in [-0.1, -0.05) is 36.4 Å². The van der Waals surface area contributed by atoms with Gasteiger partial charge < -0.3 is 15.2 Å². The molecule has 3 aromatic rings. The Morgan fingerprint density at radius 1 is 1.08 bits per heavy atom. The van der Waals surface area contributed by atoms with E-state index in [1.165, 1.54) is 18.2 Å². The summed E-state index contributed by atoms with van der Waals surface area (Å²) in [4.78, 5) is 12.6. The number of benzene rings is 3. The second-order valence-electron chi connectivity index (χ2n) is 9.40. The third-order valence-electron chi connectivity index (χ3n) is 6.27. The summed E-state index contributed by atoms with van der Waals surface area (Å²) in [5, 5.41) is 13.9. The van der Waals surface area contributed by atoms with Gasteiger partial charge in [0.25, 0.3) is 5.91 Å². The van der Waals surface area contributed by atoms with Crippen molar-refractivity contribution in [2.45, 2.75) is 49.8 Å². The Kier molecular flexibility index (Phi) is 7.17. The minimum absolute atomic E-state index is 0.227. The third-order valence-corrected chi connectivity index (χ3v) is 7.86. The number of carbonyl (C=O) groups excluding carboxylic acids is 1. The minimum atomic E-state index is -4.22. The van der Waals surface area contributed by atoms with Gasteiger partial charge in [0.2, 0.25) is 10.0 Å². The van der Waals surface area contributed by atoms with E-state index < -0.39 is 33.6 Å². The van der Waals surface area contributed by atoms with Gasteiger partial charge in [-0.3, -0.25) is 4.79 Å². The predicted octanol–water partition coefficient (Wildman–Crippen LogP) is 3.66. The van der Waals surface area contributed by atoms with Crippen LogP contribution in [0.1, 0.15) is 46.9 Å². The van der Waals surface area contributed by atoms with Crippen molar-refractivity contribution in [3.05, 3.63) is 94.8 Å². The fourth-order valence-corrected chi connectivity index (χ4v) is 5.71. The van der Waals surface area contributed by atoms with Gasteiger partial charge in [-0.25, -0.2) is 17.5 Å². The monoisotopic (exact) mass is 512 g/mol. The average molecular weight is 513 g/mol. The molecule has 1 aliphatic rings. The standard InChI is InChI=1S/C27H29FN2O5S/c1-17-9-11-20(28)16-23(17)36(33,34)30-24-21-15-19(10-12-22(21)35-27(2,3)25(24)31)26(32)29-14-13-18-7-5-4-6-8-18/h4-12,15-16,24-25,30-31H,13-14H2,1-3H3,(H,29,32)/t24-,25+/m1/s1. The molecule has 1 aliphatic heterocycles. The fraction of sp³-hybridized carbons (Fsp3) is 0.296. The van der Waals surface area contributed by atoms with Crippen molar-refractivity contribution in [2.24, 2.45) is 0 Å². The largest absolute Gasteiger partial charge is 0.485 e. The normalized spacial score (nSPS) is 18.7. The van der Waals surface area contributed by atoms with E-state index in [0.717, 1.165) is 11.6 Å². The highest BCUT2D eigenvalue weighted by molar-refractivity contribution is 7.89. The molecule has 0 aliphatic carbocycles. The van der Waals surface area contributed by atoms with Crippen LogP contribution in [-0.2, 0) is 16.4 Å². The first kappa shape index (κ1) is 25.8. The van der Waals surface area contributed by atoms with Crippen molar-refractivity contribution in [1.82, 2.24) is 10.0 Å². The number of carbonyl (C=O) groups is 1. The number of halogens is 1. The highest BCUT2D eigenvalue weighted by Crippen LogP contribution is 2.41. The van der Waals surface area contributed by atoms with Crippen LogP contribution in [0.25, 0.3) is 0 Å². The Balaban J connectivity index is 1.61. The highest BCUT2D eigenvalue weighted by atomic mass is 32.2. The molecule has 0 fully saturated rings. The lowest BCUT2D eigenvalue weighted by molar-refractivity contribution is -0.0603. The van der Waals surface area contributed by atoms with Crippen LogP contribution in [0.5, 0.6) is 5.75 Å². The number of aryl methyl sites for hydroxylation is 1. The molecule has 9 heteroatoms. The van der Waals surface area contributed by atoms with Crippen molar-refractivity contribution >= 4 is 15.9 Å². The zero-order chi connectivity index (χ0) is 26.1. The van der Waals surface area contributed by atoms with E-state index in [2.05, 4.69) is 10.0 Å². The average Bonchev–Trinajstić information content (AvgIpc) is 2.83. The first-order valence-electron chi connectivity index (χ1n) is 11.6. The molecule has 0 radical (unpaired) electrons. The molecule has 0 saturated heterocycles. The van der Waals surface area contributed by atoms with Crippen LogP contribution in [0, 0.1) is 12.7 Å².